The molecule has 0 saturated carbocycles. The number of nitrogens with one attached hydrogen (secondary N) is 2. The molecule has 0 aliphatic carbocycles. The van der Waals surface area contributed by atoms with Gasteiger partial charge in [-0.25, -0.2) is 4.79 Å². The van der Waals surface area contributed by atoms with Crippen molar-refractivity contribution in [3.05, 3.63) is 83.9 Å². The fraction of sp³-hybridized carbons (Fsp3) is 0.280. The molecule has 2 fully saturated rings. The molecule has 3 atom stereocenters. The van der Waals surface area contributed by atoms with E-state index in [0.717, 1.165) is 19.4 Å². The van der Waals surface area contributed by atoms with Gasteiger partial charge in [-0.2, -0.15) is 0 Å². The molecule has 0 aromatic heterocycles. The Morgan fingerprint density at radius 2 is 1.67 bits per heavy atom. The molecular weight excluding hydrogens is 374 g/mol. The normalized spacial score (nSPS) is 23.9. The largest absolute Gasteiger partial charge is 0.325 e. The zero-order valence-electron chi connectivity index (χ0n) is 16.8. The molecule has 2 aliphatic heterocycles. The lowest BCUT2D eigenvalue weighted by Gasteiger charge is -2.47. The van der Waals surface area contributed by atoms with Crippen LogP contribution in [0.15, 0.2) is 72.8 Å². The maximum Gasteiger partial charge on any atom is 0.325 e. The maximum atomic E-state index is 13.0. The minimum absolute atomic E-state index is 0.0645. The summed E-state index contributed by atoms with van der Waals surface area (Å²) in [5.41, 5.74) is 2.37. The van der Waals surface area contributed by atoms with Crippen LogP contribution in [-0.4, -0.2) is 36.1 Å². The molecule has 3 unspecified atom stereocenters. The maximum absolute atomic E-state index is 13.0. The van der Waals surface area contributed by atoms with Crippen LogP contribution in [0.5, 0.6) is 0 Å². The second kappa shape index (κ2) is 7.92. The third-order valence-electron chi connectivity index (χ3n) is 6.42. The molecule has 30 heavy (non-hydrogen) atoms. The van der Waals surface area contributed by atoms with Gasteiger partial charge >= 0.3 is 6.03 Å². The van der Waals surface area contributed by atoms with Crippen molar-refractivity contribution in [2.24, 2.45) is 5.92 Å². The number of fused-ring (bicyclic) bond motifs is 2. The number of carbonyl (C=O) groups is 2. The molecule has 2 heterocycles. The summed E-state index contributed by atoms with van der Waals surface area (Å²) in [7, 11) is 0. The van der Waals surface area contributed by atoms with Crippen LogP contribution in [0.2, 0.25) is 0 Å². The third-order valence-corrected chi connectivity index (χ3v) is 6.42. The van der Waals surface area contributed by atoms with Crippen molar-refractivity contribution in [3.8, 4) is 0 Å². The van der Waals surface area contributed by atoms with E-state index in [0.29, 0.717) is 6.54 Å². The Morgan fingerprint density at radius 1 is 0.900 bits per heavy atom. The fourth-order valence-corrected chi connectivity index (χ4v) is 4.99. The number of nitrogens with zero attached hydrogens (tertiary/aromatic N) is 1. The summed E-state index contributed by atoms with van der Waals surface area (Å²) in [5.74, 6) is -0.418. The minimum atomic E-state index is -0.307. The van der Waals surface area contributed by atoms with Crippen LogP contribution in [-0.2, 0) is 11.2 Å². The van der Waals surface area contributed by atoms with Crippen LogP contribution in [0.4, 0.5) is 4.79 Å². The number of carbonyl (C=O) groups excluding carboxylic acids is 2. The van der Waals surface area contributed by atoms with Gasteiger partial charge in [0.1, 0.15) is 0 Å². The Bertz CT molecular complexity index is 1080. The van der Waals surface area contributed by atoms with Gasteiger partial charge in [-0.1, -0.05) is 72.8 Å². The first-order valence-electron chi connectivity index (χ1n) is 10.6. The second-order valence-corrected chi connectivity index (χ2v) is 8.11. The van der Waals surface area contributed by atoms with Gasteiger partial charge in [0.2, 0.25) is 5.91 Å². The highest BCUT2D eigenvalue weighted by Gasteiger charge is 2.47. The van der Waals surface area contributed by atoms with Gasteiger partial charge in [0.05, 0.1) is 12.1 Å². The third kappa shape index (κ3) is 3.35. The standard InChI is InChI=1S/C25H25N3O2/c29-24-22-21(20-12-6-10-18-9-4-5-11-19(18)20)13-15-26-23(22)28(25(30)27-24)16-14-17-7-2-1-3-8-17/h1-12,21-23,26H,13-16H2,(H,27,29,30). The average Bonchev–Trinajstić information content (AvgIpc) is 2.79. The van der Waals surface area contributed by atoms with Crippen molar-refractivity contribution in [1.29, 1.82) is 0 Å². The first-order chi connectivity index (χ1) is 14.7. The van der Waals surface area contributed by atoms with Crippen LogP contribution in [0, 0.1) is 5.92 Å². The quantitative estimate of drug-likeness (QED) is 0.704. The summed E-state index contributed by atoms with van der Waals surface area (Å²) in [4.78, 5) is 27.5. The molecule has 5 heteroatoms. The number of urea groups is 1. The smallest absolute Gasteiger partial charge is 0.308 e. The lowest BCUT2D eigenvalue weighted by atomic mass is 9.76. The highest BCUT2D eigenvalue weighted by molar-refractivity contribution is 5.99. The Balaban J connectivity index is 1.46. The number of piperidine rings is 1. The molecule has 3 amide bonds. The summed E-state index contributed by atoms with van der Waals surface area (Å²) in [5, 5.41) is 8.45. The molecule has 5 rings (SSSR count). The lowest BCUT2D eigenvalue weighted by molar-refractivity contribution is -0.131. The Kier molecular flexibility index (Phi) is 4.97. The van der Waals surface area contributed by atoms with E-state index in [1.54, 1.807) is 4.90 Å². The summed E-state index contributed by atoms with van der Waals surface area (Å²) < 4.78 is 0. The second-order valence-electron chi connectivity index (χ2n) is 8.11. The van der Waals surface area contributed by atoms with Crippen molar-refractivity contribution >= 4 is 22.7 Å². The Labute approximate surface area is 176 Å². The molecule has 2 saturated heterocycles. The predicted octanol–water partition coefficient (Wildman–Crippen LogP) is 3.65. The molecule has 2 aliphatic rings. The molecule has 0 spiro atoms. The van der Waals surface area contributed by atoms with Crippen molar-refractivity contribution in [2.45, 2.75) is 24.9 Å². The molecule has 5 nitrogen and oxygen atoms in total. The highest BCUT2D eigenvalue weighted by atomic mass is 16.2. The van der Waals surface area contributed by atoms with E-state index >= 15 is 0 Å². The lowest BCUT2D eigenvalue weighted by Crippen LogP contribution is -2.68. The van der Waals surface area contributed by atoms with Crippen LogP contribution < -0.4 is 10.6 Å². The Hall–Kier alpha value is -3.18. The molecule has 0 bridgehead atoms. The van der Waals surface area contributed by atoms with E-state index in [9.17, 15) is 9.59 Å². The van der Waals surface area contributed by atoms with E-state index in [1.165, 1.54) is 21.9 Å². The minimum Gasteiger partial charge on any atom is -0.308 e. The van der Waals surface area contributed by atoms with Crippen LogP contribution in [0.25, 0.3) is 10.8 Å². The van der Waals surface area contributed by atoms with Crippen LogP contribution in [0.3, 0.4) is 0 Å². The zero-order chi connectivity index (χ0) is 20.5. The number of imide groups is 1. The SMILES string of the molecule is O=C1NC(=O)N(CCc2ccccc2)C2NCCC(c3cccc4ccccc34)C12. The zero-order valence-corrected chi connectivity index (χ0v) is 16.8. The van der Waals surface area contributed by atoms with Gasteiger partial charge in [0.25, 0.3) is 0 Å². The molecular formula is C25H25N3O2. The van der Waals surface area contributed by atoms with Crippen molar-refractivity contribution in [3.63, 3.8) is 0 Å². The highest BCUT2D eigenvalue weighted by Crippen LogP contribution is 2.39. The van der Waals surface area contributed by atoms with E-state index in [1.807, 2.05) is 30.3 Å². The van der Waals surface area contributed by atoms with E-state index in [2.05, 4.69) is 53.1 Å². The van der Waals surface area contributed by atoms with E-state index < -0.39 is 0 Å². The van der Waals surface area contributed by atoms with Gasteiger partial charge in [-0.05, 0) is 41.3 Å². The van der Waals surface area contributed by atoms with Crippen LogP contribution >= 0.6 is 0 Å². The van der Waals surface area contributed by atoms with E-state index in [-0.39, 0.29) is 29.9 Å². The van der Waals surface area contributed by atoms with E-state index in [4.69, 9.17) is 0 Å². The first-order valence-corrected chi connectivity index (χ1v) is 10.6. The van der Waals surface area contributed by atoms with Gasteiger partial charge < -0.3 is 4.90 Å². The summed E-state index contributed by atoms with van der Waals surface area (Å²) in [6, 6.07) is 24.4. The average molecular weight is 399 g/mol. The number of hydrogen-bond donors (Lipinski definition) is 2. The summed E-state index contributed by atoms with van der Waals surface area (Å²) in [6.45, 7) is 1.34. The topological polar surface area (TPSA) is 61.4 Å². The fourth-order valence-electron chi connectivity index (χ4n) is 4.99. The molecule has 0 radical (unpaired) electrons. The number of rotatable bonds is 4. The summed E-state index contributed by atoms with van der Waals surface area (Å²) >= 11 is 0. The molecule has 3 aromatic carbocycles. The first kappa shape index (κ1) is 18.8. The number of benzene rings is 3. The van der Waals surface area contributed by atoms with Gasteiger partial charge in [0.15, 0.2) is 0 Å². The van der Waals surface area contributed by atoms with Gasteiger partial charge in [-0.15, -0.1) is 0 Å². The van der Waals surface area contributed by atoms with Crippen molar-refractivity contribution < 1.29 is 9.59 Å². The molecule has 152 valence electrons. The molecule has 3 aromatic rings. The molecule has 2 N–H and O–H groups in total. The van der Waals surface area contributed by atoms with Crippen LogP contribution in [0.1, 0.15) is 23.5 Å². The monoisotopic (exact) mass is 399 g/mol. The number of amides is 3. The van der Waals surface area contributed by atoms with Gasteiger partial charge in [0, 0.05) is 12.5 Å². The summed E-state index contributed by atoms with van der Waals surface area (Å²) in [6.07, 6.45) is 1.34. The van der Waals surface area contributed by atoms with Crippen molar-refractivity contribution in [1.82, 2.24) is 15.5 Å². The Morgan fingerprint density at radius 3 is 2.53 bits per heavy atom. The predicted molar refractivity (Wildman–Crippen MR) is 117 cm³/mol. The number of hydrogen-bond acceptors (Lipinski definition) is 3. The van der Waals surface area contributed by atoms with Gasteiger partial charge in [-0.3, -0.25) is 15.4 Å². The van der Waals surface area contributed by atoms with Crippen molar-refractivity contribution in [2.75, 3.05) is 13.1 Å².